The molecule has 0 saturated carbocycles. The average molecular weight is 396 g/mol. The first-order valence-corrected chi connectivity index (χ1v) is 10.4. The highest BCUT2D eigenvalue weighted by Crippen LogP contribution is 2.17. The van der Waals surface area contributed by atoms with Crippen LogP contribution in [0.2, 0.25) is 0 Å². The van der Waals surface area contributed by atoms with Crippen LogP contribution in [0.4, 0.5) is 0 Å². The number of ether oxygens (including phenoxy) is 1. The van der Waals surface area contributed by atoms with Gasteiger partial charge in [0.15, 0.2) is 5.78 Å². The first-order valence-electron chi connectivity index (χ1n) is 10.4. The fourth-order valence-electron chi connectivity index (χ4n) is 4.03. The predicted molar refractivity (Wildman–Crippen MR) is 118 cm³/mol. The summed E-state index contributed by atoms with van der Waals surface area (Å²) in [5.41, 5.74) is 4.35. The average Bonchev–Trinajstić information content (AvgIpc) is 3.02. The van der Waals surface area contributed by atoms with Crippen molar-refractivity contribution in [3.63, 3.8) is 0 Å². The Morgan fingerprint density at radius 3 is 2.38 bits per heavy atom. The molecular weight excluding hydrogens is 362 g/mol. The molecule has 5 nitrogen and oxygen atoms in total. The molecule has 1 aliphatic heterocycles. The lowest BCUT2D eigenvalue weighted by Gasteiger charge is -2.34. The van der Waals surface area contributed by atoms with Crippen LogP contribution in [-0.2, 0) is 13.0 Å². The molecule has 0 unspecified atom stereocenters. The molecule has 0 radical (unpaired) electrons. The van der Waals surface area contributed by atoms with E-state index in [-0.39, 0.29) is 5.78 Å². The topological polar surface area (TPSA) is 37.7 Å². The van der Waals surface area contributed by atoms with Crippen molar-refractivity contribution in [1.82, 2.24) is 14.4 Å². The minimum absolute atomic E-state index is 0.222. The van der Waals surface area contributed by atoms with Crippen LogP contribution in [0.25, 0.3) is 0 Å². The molecule has 2 aromatic rings. The van der Waals surface area contributed by atoms with E-state index >= 15 is 0 Å². The number of carbonyl (C=O) groups is 1. The number of aryl methyl sites for hydroxylation is 1. The van der Waals surface area contributed by atoms with Crippen molar-refractivity contribution in [3.05, 3.63) is 65.5 Å². The fraction of sp³-hybridized carbons (Fsp3) is 0.458. The third-order valence-electron chi connectivity index (χ3n) is 5.89. The number of carbonyl (C=O) groups excluding carboxylic acids is 1. The van der Waals surface area contributed by atoms with Gasteiger partial charge < -0.3 is 14.2 Å². The molecule has 0 atom stereocenters. The lowest BCUT2D eigenvalue weighted by molar-refractivity contribution is 0.0853. The van der Waals surface area contributed by atoms with Gasteiger partial charge in [-0.05, 0) is 44.0 Å². The highest BCUT2D eigenvalue weighted by molar-refractivity contribution is 5.99. The lowest BCUT2D eigenvalue weighted by Crippen LogP contribution is -2.48. The summed E-state index contributed by atoms with van der Waals surface area (Å²) in [6.45, 7) is 14.1. The molecule has 1 saturated heterocycles. The summed E-state index contributed by atoms with van der Waals surface area (Å²) >= 11 is 0. The quantitative estimate of drug-likeness (QED) is 0.482. The number of benzene rings is 1. The van der Waals surface area contributed by atoms with Crippen LogP contribution < -0.4 is 4.74 Å². The third kappa shape index (κ3) is 5.37. The van der Waals surface area contributed by atoms with Crippen LogP contribution in [0.1, 0.15) is 27.3 Å². The van der Waals surface area contributed by atoms with Crippen molar-refractivity contribution in [1.29, 1.82) is 0 Å². The molecule has 1 aromatic heterocycles. The normalized spacial score (nSPS) is 15.4. The molecule has 5 heteroatoms. The maximum atomic E-state index is 12.8. The zero-order valence-electron chi connectivity index (χ0n) is 18.0. The molecule has 0 bridgehead atoms. The minimum Gasteiger partial charge on any atom is -0.497 e. The van der Waals surface area contributed by atoms with Gasteiger partial charge in [0.2, 0.25) is 0 Å². The Kier molecular flexibility index (Phi) is 7.29. The van der Waals surface area contributed by atoms with Gasteiger partial charge in [0.25, 0.3) is 0 Å². The Hall–Kier alpha value is -2.37. The van der Waals surface area contributed by atoms with Crippen LogP contribution in [-0.4, -0.2) is 66.5 Å². The zero-order chi connectivity index (χ0) is 20.8. The van der Waals surface area contributed by atoms with E-state index in [1.165, 1.54) is 5.56 Å². The van der Waals surface area contributed by atoms with Crippen molar-refractivity contribution < 1.29 is 9.53 Å². The number of piperazine rings is 1. The van der Waals surface area contributed by atoms with E-state index in [0.29, 0.717) is 6.54 Å². The predicted octanol–water partition coefficient (Wildman–Crippen LogP) is 3.34. The Balaban J connectivity index is 1.46. The van der Waals surface area contributed by atoms with Crippen LogP contribution >= 0.6 is 0 Å². The molecule has 1 aliphatic rings. The lowest BCUT2D eigenvalue weighted by atomic mass is 10.1. The molecule has 0 N–H and O–H groups in total. The second-order valence-electron chi connectivity index (χ2n) is 7.82. The summed E-state index contributed by atoms with van der Waals surface area (Å²) < 4.78 is 7.37. The van der Waals surface area contributed by atoms with E-state index in [1.807, 2.05) is 31.2 Å². The third-order valence-corrected chi connectivity index (χ3v) is 5.89. The van der Waals surface area contributed by atoms with Gasteiger partial charge in [0, 0.05) is 56.2 Å². The van der Waals surface area contributed by atoms with Crippen molar-refractivity contribution in [2.45, 2.75) is 26.8 Å². The number of rotatable bonds is 9. The first kappa shape index (κ1) is 21.3. The van der Waals surface area contributed by atoms with Crippen LogP contribution in [0, 0.1) is 13.8 Å². The van der Waals surface area contributed by atoms with Gasteiger partial charge in [0.05, 0.1) is 13.7 Å². The molecule has 0 aliphatic carbocycles. The summed E-state index contributed by atoms with van der Waals surface area (Å²) in [7, 11) is 1.69. The van der Waals surface area contributed by atoms with E-state index in [1.54, 1.807) is 7.11 Å². The van der Waals surface area contributed by atoms with E-state index in [0.717, 1.165) is 68.4 Å². The summed E-state index contributed by atoms with van der Waals surface area (Å²) in [4.78, 5) is 17.6. The molecule has 1 aromatic carbocycles. The van der Waals surface area contributed by atoms with E-state index in [4.69, 9.17) is 4.74 Å². The molecule has 3 rings (SSSR count). The smallest absolute Gasteiger partial charge is 0.178 e. The van der Waals surface area contributed by atoms with Gasteiger partial charge in [0.1, 0.15) is 5.75 Å². The molecule has 2 heterocycles. The second kappa shape index (κ2) is 9.90. The molecule has 29 heavy (non-hydrogen) atoms. The number of hydrogen-bond donors (Lipinski definition) is 0. The summed E-state index contributed by atoms with van der Waals surface area (Å²) in [5, 5.41) is 0. The minimum atomic E-state index is 0.222. The van der Waals surface area contributed by atoms with Crippen LogP contribution in [0.3, 0.4) is 0 Å². The van der Waals surface area contributed by atoms with E-state index in [9.17, 15) is 4.79 Å². The monoisotopic (exact) mass is 395 g/mol. The Bertz CT molecular complexity index is 831. The van der Waals surface area contributed by atoms with Gasteiger partial charge in [-0.15, -0.1) is 6.58 Å². The van der Waals surface area contributed by atoms with Gasteiger partial charge >= 0.3 is 0 Å². The first-order chi connectivity index (χ1) is 14.0. The van der Waals surface area contributed by atoms with Crippen LogP contribution in [0.5, 0.6) is 5.75 Å². The van der Waals surface area contributed by atoms with Crippen molar-refractivity contribution in [3.8, 4) is 5.75 Å². The number of methoxy groups -OCH3 is 1. The Morgan fingerprint density at radius 1 is 1.10 bits per heavy atom. The number of aromatic nitrogens is 1. The standard InChI is InChI=1S/C24H33N3O2/c1-5-11-27-19(2)17-23(20(27)3)24(28)18-26-15-13-25(14-16-26)12-10-21-6-8-22(29-4)9-7-21/h5-9,17H,1,10-16,18H2,2-4H3. The van der Waals surface area contributed by atoms with Crippen molar-refractivity contribution in [2.24, 2.45) is 0 Å². The van der Waals surface area contributed by atoms with E-state index < -0.39 is 0 Å². The summed E-state index contributed by atoms with van der Waals surface area (Å²) in [6.07, 6.45) is 2.91. The number of hydrogen-bond acceptors (Lipinski definition) is 4. The molecule has 156 valence electrons. The highest BCUT2D eigenvalue weighted by Gasteiger charge is 2.21. The molecule has 0 amide bonds. The van der Waals surface area contributed by atoms with Gasteiger partial charge in [-0.2, -0.15) is 0 Å². The van der Waals surface area contributed by atoms with Gasteiger partial charge in [-0.1, -0.05) is 18.2 Å². The number of allylic oxidation sites excluding steroid dienone is 1. The van der Waals surface area contributed by atoms with Crippen molar-refractivity contribution in [2.75, 3.05) is 46.4 Å². The number of nitrogens with zero attached hydrogens (tertiary/aromatic N) is 3. The van der Waals surface area contributed by atoms with Gasteiger partial charge in [-0.3, -0.25) is 9.69 Å². The maximum absolute atomic E-state index is 12.8. The SMILES string of the molecule is C=CCn1c(C)cc(C(=O)CN2CCN(CCc3ccc(OC)cc3)CC2)c1C. The largest absolute Gasteiger partial charge is 0.497 e. The van der Waals surface area contributed by atoms with Crippen LogP contribution in [0.15, 0.2) is 43.0 Å². The Labute approximate surface area is 174 Å². The number of ketones is 1. The molecule has 1 fully saturated rings. The molecular formula is C24H33N3O2. The number of Topliss-reactive ketones (excluding diaryl/α,β-unsaturated/α-hetero) is 1. The maximum Gasteiger partial charge on any atom is 0.178 e. The van der Waals surface area contributed by atoms with E-state index in [2.05, 4.69) is 40.0 Å². The van der Waals surface area contributed by atoms with Crippen molar-refractivity contribution >= 4 is 5.78 Å². The zero-order valence-corrected chi connectivity index (χ0v) is 18.0. The fourth-order valence-corrected chi connectivity index (χ4v) is 4.03. The van der Waals surface area contributed by atoms with Gasteiger partial charge in [-0.25, -0.2) is 0 Å². The summed E-state index contributed by atoms with van der Waals surface area (Å²) in [5.74, 6) is 1.12. The highest BCUT2D eigenvalue weighted by atomic mass is 16.5. The summed E-state index contributed by atoms with van der Waals surface area (Å²) in [6, 6.07) is 10.3. The second-order valence-corrected chi connectivity index (χ2v) is 7.82. The molecule has 0 spiro atoms. The Morgan fingerprint density at radius 2 is 1.76 bits per heavy atom.